The molecular formula is C47H28N4S. The second-order valence-electron chi connectivity index (χ2n) is 13.2. The molecule has 11 rings (SSSR count). The van der Waals surface area contributed by atoms with E-state index in [1.807, 2.05) is 35.7 Å². The molecule has 0 aliphatic carbocycles. The van der Waals surface area contributed by atoms with Gasteiger partial charge in [-0.1, -0.05) is 121 Å². The molecule has 7 aromatic carbocycles. The second-order valence-corrected chi connectivity index (χ2v) is 14.2. The summed E-state index contributed by atoms with van der Waals surface area (Å²) in [5.74, 6) is 0.667. The number of hydrogen-bond acceptors (Lipinski definition) is 4. The summed E-state index contributed by atoms with van der Waals surface area (Å²) >= 11 is 1.89. The van der Waals surface area contributed by atoms with Crippen LogP contribution in [0.15, 0.2) is 170 Å². The molecule has 0 aliphatic heterocycles. The summed E-state index contributed by atoms with van der Waals surface area (Å²) in [4.78, 5) is 15.1. The van der Waals surface area contributed by atoms with Gasteiger partial charge in [-0.05, 0) is 59.0 Å². The maximum absolute atomic E-state index is 5.26. The van der Waals surface area contributed by atoms with Crippen LogP contribution < -0.4 is 0 Å². The highest BCUT2D eigenvalue weighted by Crippen LogP contribution is 2.48. The Morgan fingerprint density at radius 3 is 2.10 bits per heavy atom. The average Bonchev–Trinajstić information content (AvgIpc) is 3.78. The molecule has 5 heteroatoms. The van der Waals surface area contributed by atoms with Crippen molar-refractivity contribution >= 4 is 75.1 Å². The van der Waals surface area contributed by atoms with Crippen molar-refractivity contribution in [2.75, 3.05) is 0 Å². The Labute approximate surface area is 302 Å². The van der Waals surface area contributed by atoms with Gasteiger partial charge >= 0.3 is 0 Å². The average molecular weight is 681 g/mol. The van der Waals surface area contributed by atoms with Gasteiger partial charge in [-0.25, -0.2) is 9.97 Å². The number of thiophene rings is 1. The van der Waals surface area contributed by atoms with E-state index in [0.717, 1.165) is 44.7 Å². The van der Waals surface area contributed by atoms with Crippen LogP contribution in [-0.2, 0) is 0 Å². The van der Waals surface area contributed by atoms with E-state index >= 15 is 0 Å². The monoisotopic (exact) mass is 680 g/mol. The van der Waals surface area contributed by atoms with Gasteiger partial charge in [-0.2, -0.15) is 0 Å². The molecule has 52 heavy (non-hydrogen) atoms. The SMILES string of the molecule is c1ccc(-c2cccc(-c3nc(-c4cccc(-n5c6ccccc6c6c7sc8ccccc8c7c7ccccc7c65)c4)nc4cccnc34)c2)cc1. The van der Waals surface area contributed by atoms with Crippen molar-refractivity contribution in [1.29, 1.82) is 0 Å². The van der Waals surface area contributed by atoms with Crippen molar-refractivity contribution in [1.82, 2.24) is 19.5 Å². The number of fused-ring (bicyclic) bond motifs is 11. The highest BCUT2D eigenvalue weighted by molar-refractivity contribution is 7.27. The Morgan fingerprint density at radius 1 is 0.481 bits per heavy atom. The summed E-state index contributed by atoms with van der Waals surface area (Å²) in [5.41, 5.74) is 10.1. The van der Waals surface area contributed by atoms with Crippen LogP contribution in [-0.4, -0.2) is 19.5 Å². The standard InChI is InChI=1S/C47H28N4S/c1-2-13-29(14-3-1)30-15-10-16-31(27-30)43-44-38(23-12-26-48-44)49-47(50-43)32-17-11-18-33(28-32)51-39-24-8-6-21-36(39)42-45(51)35-20-5-4-19-34(35)41-37-22-7-9-25-40(37)52-46(41)42/h1-28H. The molecular weight excluding hydrogens is 653 g/mol. The van der Waals surface area contributed by atoms with Gasteiger partial charge in [0, 0.05) is 59.3 Å². The summed E-state index contributed by atoms with van der Waals surface area (Å²) in [7, 11) is 0. The van der Waals surface area contributed by atoms with E-state index in [0.29, 0.717) is 5.82 Å². The molecule has 4 aromatic heterocycles. The molecule has 0 N–H and O–H groups in total. The third-order valence-corrected chi connectivity index (χ3v) is 11.4. The molecule has 0 amide bonds. The fraction of sp³-hybridized carbons (Fsp3) is 0. The zero-order valence-corrected chi connectivity index (χ0v) is 28.7. The highest BCUT2D eigenvalue weighted by Gasteiger charge is 2.22. The fourth-order valence-corrected chi connectivity index (χ4v) is 9.23. The summed E-state index contributed by atoms with van der Waals surface area (Å²) in [6.45, 7) is 0. The van der Waals surface area contributed by atoms with E-state index < -0.39 is 0 Å². The normalized spacial score (nSPS) is 11.8. The zero-order valence-electron chi connectivity index (χ0n) is 27.9. The lowest BCUT2D eigenvalue weighted by atomic mass is 9.99. The topological polar surface area (TPSA) is 43.6 Å². The zero-order chi connectivity index (χ0) is 34.2. The van der Waals surface area contributed by atoms with Crippen molar-refractivity contribution in [2.24, 2.45) is 0 Å². The molecule has 0 saturated carbocycles. The van der Waals surface area contributed by atoms with Crippen LogP contribution in [0.3, 0.4) is 0 Å². The molecule has 0 atom stereocenters. The van der Waals surface area contributed by atoms with Crippen LogP contribution in [0.2, 0.25) is 0 Å². The first-order valence-electron chi connectivity index (χ1n) is 17.4. The van der Waals surface area contributed by atoms with Gasteiger partial charge in [0.25, 0.3) is 0 Å². The van der Waals surface area contributed by atoms with Gasteiger partial charge in [-0.3, -0.25) is 4.98 Å². The van der Waals surface area contributed by atoms with Crippen molar-refractivity contribution in [3.63, 3.8) is 0 Å². The van der Waals surface area contributed by atoms with Crippen LogP contribution in [0.5, 0.6) is 0 Å². The van der Waals surface area contributed by atoms with E-state index in [1.165, 1.54) is 52.8 Å². The molecule has 0 spiro atoms. The lowest BCUT2D eigenvalue weighted by Crippen LogP contribution is -1.99. The minimum absolute atomic E-state index is 0.667. The highest BCUT2D eigenvalue weighted by atomic mass is 32.1. The number of rotatable bonds is 4. The number of nitrogens with zero attached hydrogens (tertiary/aromatic N) is 4. The minimum Gasteiger partial charge on any atom is -0.309 e. The third kappa shape index (κ3) is 4.36. The first-order valence-corrected chi connectivity index (χ1v) is 18.3. The van der Waals surface area contributed by atoms with Gasteiger partial charge in [-0.15, -0.1) is 11.3 Å². The maximum Gasteiger partial charge on any atom is 0.160 e. The van der Waals surface area contributed by atoms with Gasteiger partial charge in [0.15, 0.2) is 5.82 Å². The van der Waals surface area contributed by atoms with Crippen LogP contribution in [0.25, 0.3) is 103 Å². The summed E-state index contributed by atoms with van der Waals surface area (Å²) in [6.07, 6.45) is 1.82. The fourth-order valence-electron chi connectivity index (χ4n) is 7.95. The lowest BCUT2D eigenvalue weighted by Gasteiger charge is -2.13. The van der Waals surface area contributed by atoms with Crippen molar-refractivity contribution < 1.29 is 0 Å². The molecule has 242 valence electrons. The van der Waals surface area contributed by atoms with Gasteiger partial charge in [0.05, 0.1) is 16.6 Å². The van der Waals surface area contributed by atoms with Crippen molar-refractivity contribution in [3.05, 3.63) is 170 Å². The van der Waals surface area contributed by atoms with E-state index in [1.54, 1.807) is 0 Å². The Balaban J connectivity index is 1.16. The Bertz CT molecular complexity index is 3190. The number of benzene rings is 7. The molecule has 0 saturated heterocycles. The van der Waals surface area contributed by atoms with Crippen LogP contribution >= 0.6 is 11.3 Å². The van der Waals surface area contributed by atoms with Crippen molar-refractivity contribution in [3.8, 4) is 39.5 Å². The Kier molecular flexibility index (Phi) is 6.39. The number of pyridine rings is 1. The number of hydrogen-bond donors (Lipinski definition) is 0. The second kappa shape index (κ2) is 11.4. The van der Waals surface area contributed by atoms with Gasteiger partial charge < -0.3 is 4.57 Å². The first kappa shape index (κ1) is 29.1. The Morgan fingerprint density at radius 2 is 1.19 bits per heavy atom. The number of para-hydroxylation sites is 1. The summed E-state index contributed by atoms with van der Waals surface area (Å²) < 4.78 is 5.07. The molecule has 0 bridgehead atoms. The third-order valence-electron chi connectivity index (χ3n) is 10.2. The number of aromatic nitrogens is 4. The maximum atomic E-state index is 5.26. The molecule has 0 fully saturated rings. The van der Waals surface area contributed by atoms with E-state index in [-0.39, 0.29) is 0 Å². The lowest BCUT2D eigenvalue weighted by molar-refractivity contribution is 1.17. The minimum atomic E-state index is 0.667. The smallest absolute Gasteiger partial charge is 0.160 e. The van der Waals surface area contributed by atoms with E-state index in [2.05, 4.69) is 150 Å². The summed E-state index contributed by atoms with van der Waals surface area (Å²) in [6, 6.07) is 58.1. The van der Waals surface area contributed by atoms with Gasteiger partial charge in [0.2, 0.25) is 0 Å². The molecule has 0 aliphatic rings. The van der Waals surface area contributed by atoms with Gasteiger partial charge in [0.1, 0.15) is 11.2 Å². The summed E-state index contributed by atoms with van der Waals surface area (Å²) in [5, 5.41) is 7.71. The van der Waals surface area contributed by atoms with Crippen LogP contribution in [0, 0.1) is 0 Å². The van der Waals surface area contributed by atoms with E-state index in [4.69, 9.17) is 15.0 Å². The predicted octanol–water partition coefficient (Wildman–Crippen LogP) is 12.6. The van der Waals surface area contributed by atoms with Crippen molar-refractivity contribution in [2.45, 2.75) is 0 Å². The van der Waals surface area contributed by atoms with E-state index in [9.17, 15) is 0 Å². The van der Waals surface area contributed by atoms with Crippen LogP contribution in [0.4, 0.5) is 0 Å². The Hall–Kier alpha value is -6.69. The molecule has 4 heterocycles. The first-order chi connectivity index (χ1) is 25.8. The predicted molar refractivity (Wildman–Crippen MR) is 218 cm³/mol. The molecule has 11 aromatic rings. The largest absolute Gasteiger partial charge is 0.309 e. The molecule has 0 radical (unpaired) electrons. The molecule has 4 nitrogen and oxygen atoms in total. The molecule has 0 unspecified atom stereocenters. The van der Waals surface area contributed by atoms with Crippen LogP contribution in [0.1, 0.15) is 0 Å². The quantitative estimate of drug-likeness (QED) is 0.186.